The van der Waals surface area contributed by atoms with Crippen molar-refractivity contribution in [1.29, 1.82) is 0 Å². The summed E-state index contributed by atoms with van der Waals surface area (Å²) in [5.74, 6) is 0.308. The van der Waals surface area contributed by atoms with Gasteiger partial charge in [-0.2, -0.15) is 5.10 Å². The van der Waals surface area contributed by atoms with Gasteiger partial charge in [-0.25, -0.2) is 4.98 Å². The second-order valence-electron chi connectivity index (χ2n) is 3.62. The van der Waals surface area contributed by atoms with Gasteiger partial charge in [-0.15, -0.1) is 0 Å². The minimum Gasteiger partial charge on any atom is -0.305 e. The molecular weight excluding hydrogens is 284 g/mol. The minimum absolute atomic E-state index is 0.237. The van der Waals surface area contributed by atoms with E-state index in [1.165, 1.54) is 0 Å². The Bertz CT molecular complexity index is 564. The molecule has 17 heavy (non-hydrogen) atoms. The van der Waals surface area contributed by atoms with E-state index in [1.54, 1.807) is 18.3 Å². The maximum absolute atomic E-state index is 12.0. The van der Waals surface area contributed by atoms with E-state index < -0.39 is 0 Å². The number of hydrogen-bond donors (Lipinski definition) is 2. The molecule has 5 nitrogen and oxygen atoms in total. The van der Waals surface area contributed by atoms with Crippen molar-refractivity contribution in [3.8, 4) is 0 Å². The van der Waals surface area contributed by atoms with Gasteiger partial charge in [0.15, 0.2) is 5.82 Å². The van der Waals surface area contributed by atoms with Crippen LogP contribution in [0.1, 0.15) is 21.6 Å². The predicted octanol–water partition coefficient (Wildman–Crippen LogP) is 2.44. The lowest BCUT2D eigenvalue weighted by Gasteiger charge is -2.04. The number of nitrogens with one attached hydrogen (secondary N) is 2. The summed E-state index contributed by atoms with van der Waals surface area (Å²) in [6.45, 7) is 3.80. The first-order valence-corrected chi connectivity index (χ1v) is 5.82. The van der Waals surface area contributed by atoms with Gasteiger partial charge in [0.2, 0.25) is 0 Å². The normalized spacial score (nSPS) is 10.3. The highest BCUT2D eigenvalue weighted by atomic mass is 79.9. The molecule has 0 aliphatic heterocycles. The molecule has 0 aliphatic carbocycles. The fraction of sp³-hybridized carbons (Fsp3) is 0.182. The number of H-pyrrole nitrogens is 1. The van der Waals surface area contributed by atoms with E-state index in [1.807, 2.05) is 13.8 Å². The summed E-state index contributed by atoms with van der Waals surface area (Å²) in [4.78, 5) is 16.0. The molecule has 0 radical (unpaired) electrons. The van der Waals surface area contributed by atoms with Crippen LogP contribution >= 0.6 is 15.9 Å². The maximum Gasteiger partial charge on any atom is 0.259 e. The molecule has 2 N–H and O–H groups in total. The van der Waals surface area contributed by atoms with Crippen LogP contribution in [-0.2, 0) is 0 Å². The lowest BCUT2D eigenvalue weighted by atomic mass is 10.2. The van der Waals surface area contributed by atoms with Crippen LogP contribution in [0.25, 0.3) is 0 Å². The molecular formula is C11H11BrN4O. The average molecular weight is 295 g/mol. The number of anilines is 1. The van der Waals surface area contributed by atoms with Crippen molar-refractivity contribution in [2.75, 3.05) is 5.32 Å². The first-order chi connectivity index (χ1) is 8.09. The van der Waals surface area contributed by atoms with Crippen molar-refractivity contribution in [3.05, 3.63) is 39.8 Å². The van der Waals surface area contributed by atoms with E-state index in [0.717, 1.165) is 11.3 Å². The SMILES string of the molecule is Cc1[nH]nc(NC(=O)c2cccnc2Br)c1C. The molecule has 0 saturated carbocycles. The number of amides is 1. The molecule has 2 aromatic heterocycles. The van der Waals surface area contributed by atoms with Crippen LogP contribution in [0.4, 0.5) is 5.82 Å². The van der Waals surface area contributed by atoms with E-state index in [2.05, 4.69) is 36.4 Å². The van der Waals surface area contributed by atoms with Gasteiger partial charge < -0.3 is 5.32 Å². The average Bonchev–Trinajstić information content (AvgIpc) is 2.61. The zero-order valence-electron chi connectivity index (χ0n) is 9.41. The van der Waals surface area contributed by atoms with Gasteiger partial charge in [0.1, 0.15) is 4.60 Å². The smallest absolute Gasteiger partial charge is 0.259 e. The summed E-state index contributed by atoms with van der Waals surface area (Å²) in [5, 5.41) is 9.57. The number of aromatic nitrogens is 3. The first-order valence-electron chi connectivity index (χ1n) is 5.03. The van der Waals surface area contributed by atoms with Gasteiger partial charge in [0.05, 0.1) is 5.56 Å². The lowest BCUT2D eigenvalue weighted by Crippen LogP contribution is -2.14. The molecule has 6 heteroatoms. The third kappa shape index (κ3) is 2.36. The highest BCUT2D eigenvalue weighted by molar-refractivity contribution is 9.10. The zero-order valence-corrected chi connectivity index (χ0v) is 11.0. The van der Waals surface area contributed by atoms with E-state index in [0.29, 0.717) is 16.0 Å². The Balaban J connectivity index is 2.23. The number of aryl methyl sites for hydroxylation is 1. The van der Waals surface area contributed by atoms with Crippen molar-refractivity contribution in [2.45, 2.75) is 13.8 Å². The lowest BCUT2D eigenvalue weighted by molar-refractivity contribution is 0.102. The van der Waals surface area contributed by atoms with E-state index in [4.69, 9.17) is 0 Å². The fourth-order valence-corrected chi connectivity index (χ4v) is 1.77. The summed E-state index contributed by atoms with van der Waals surface area (Å²) in [6.07, 6.45) is 1.62. The number of halogens is 1. The molecule has 0 aromatic carbocycles. The van der Waals surface area contributed by atoms with Crippen LogP contribution < -0.4 is 5.32 Å². The van der Waals surface area contributed by atoms with E-state index in [9.17, 15) is 4.79 Å². The van der Waals surface area contributed by atoms with Crippen LogP contribution in [-0.4, -0.2) is 21.1 Å². The summed E-state index contributed by atoms with van der Waals surface area (Å²) in [5.41, 5.74) is 2.34. The zero-order chi connectivity index (χ0) is 12.4. The molecule has 2 rings (SSSR count). The molecule has 0 saturated heterocycles. The number of carbonyl (C=O) groups is 1. The minimum atomic E-state index is -0.237. The van der Waals surface area contributed by atoms with Crippen LogP contribution in [0.15, 0.2) is 22.9 Å². The van der Waals surface area contributed by atoms with Crippen molar-refractivity contribution in [2.24, 2.45) is 0 Å². The monoisotopic (exact) mass is 294 g/mol. The van der Waals surface area contributed by atoms with E-state index >= 15 is 0 Å². The Labute approximate surface area is 107 Å². The molecule has 0 spiro atoms. The number of pyridine rings is 1. The topological polar surface area (TPSA) is 70.7 Å². The second kappa shape index (κ2) is 4.67. The summed E-state index contributed by atoms with van der Waals surface area (Å²) in [7, 11) is 0. The van der Waals surface area contributed by atoms with Crippen LogP contribution in [0.3, 0.4) is 0 Å². The Morgan fingerprint density at radius 3 is 2.82 bits per heavy atom. The molecule has 1 amide bonds. The van der Waals surface area contributed by atoms with Crippen molar-refractivity contribution < 1.29 is 4.79 Å². The van der Waals surface area contributed by atoms with Gasteiger partial charge >= 0.3 is 0 Å². The van der Waals surface area contributed by atoms with Gasteiger partial charge in [0.25, 0.3) is 5.91 Å². The third-order valence-electron chi connectivity index (χ3n) is 2.49. The van der Waals surface area contributed by atoms with Gasteiger partial charge in [-0.3, -0.25) is 9.89 Å². The van der Waals surface area contributed by atoms with E-state index in [-0.39, 0.29) is 5.91 Å². The molecule has 2 heterocycles. The summed E-state index contributed by atoms with van der Waals surface area (Å²) < 4.78 is 0.516. The number of aromatic amines is 1. The maximum atomic E-state index is 12.0. The Kier molecular flexibility index (Phi) is 3.23. The van der Waals surface area contributed by atoms with Crippen molar-refractivity contribution in [3.63, 3.8) is 0 Å². The highest BCUT2D eigenvalue weighted by Crippen LogP contribution is 2.17. The molecule has 0 bridgehead atoms. The predicted molar refractivity (Wildman–Crippen MR) is 68.0 cm³/mol. The number of hydrogen-bond acceptors (Lipinski definition) is 3. The Morgan fingerprint density at radius 2 is 2.24 bits per heavy atom. The van der Waals surface area contributed by atoms with Gasteiger partial charge in [-0.05, 0) is 41.9 Å². The molecule has 88 valence electrons. The van der Waals surface area contributed by atoms with Crippen molar-refractivity contribution >= 4 is 27.7 Å². The highest BCUT2D eigenvalue weighted by Gasteiger charge is 2.13. The van der Waals surface area contributed by atoms with Crippen molar-refractivity contribution in [1.82, 2.24) is 15.2 Å². The molecule has 0 aliphatic rings. The number of carbonyl (C=O) groups excluding carboxylic acids is 1. The van der Waals surface area contributed by atoms with Gasteiger partial charge in [0, 0.05) is 17.5 Å². The summed E-state index contributed by atoms with van der Waals surface area (Å²) >= 11 is 3.23. The van der Waals surface area contributed by atoms with Crippen LogP contribution in [0.5, 0.6) is 0 Å². The fourth-order valence-electron chi connectivity index (χ4n) is 1.34. The van der Waals surface area contributed by atoms with Crippen LogP contribution in [0, 0.1) is 13.8 Å². The second-order valence-corrected chi connectivity index (χ2v) is 4.37. The molecule has 2 aromatic rings. The largest absolute Gasteiger partial charge is 0.305 e. The molecule has 0 atom stereocenters. The first kappa shape index (κ1) is 11.8. The Hall–Kier alpha value is -1.69. The third-order valence-corrected chi connectivity index (χ3v) is 3.12. The Morgan fingerprint density at radius 1 is 1.47 bits per heavy atom. The number of nitrogens with zero attached hydrogens (tertiary/aromatic N) is 2. The standard InChI is InChI=1S/C11H11BrN4O/c1-6-7(2)15-16-10(6)14-11(17)8-4-3-5-13-9(8)12/h3-5H,1-2H3,(H2,14,15,16,17). The molecule has 0 unspecified atom stereocenters. The van der Waals surface area contributed by atoms with Gasteiger partial charge in [-0.1, -0.05) is 0 Å². The molecule has 0 fully saturated rings. The van der Waals surface area contributed by atoms with Crippen LogP contribution in [0.2, 0.25) is 0 Å². The summed E-state index contributed by atoms with van der Waals surface area (Å²) in [6, 6.07) is 3.41. The number of rotatable bonds is 2. The quantitative estimate of drug-likeness (QED) is 0.836.